The summed E-state index contributed by atoms with van der Waals surface area (Å²) in [5, 5.41) is 0.831. The van der Waals surface area contributed by atoms with Crippen molar-refractivity contribution in [2.45, 2.75) is 25.2 Å². The van der Waals surface area contributed by atoms with Gasteiger partial charge in [0, 0.05) is 12.4 Å². The van der Waals surface area contributed by atoms with E-state index in [4.69, 9.17) is 11.6 Å². The molecule has 1 aliphatic rings. The fourth-order valence-corrected chi connectivity index (χ4v) is 1.71. The molecule has 11 heavy (non-hydrogen) atoms. The molecule has 58 valence electrons. The number of aromatic nitrogens is 1. The Balaban J connectivity index is 2.28. The van der Waals surface area contributed by atoms with Crippen molar-refractivity contribution in [1.82, 2.24) is 4.98 Å². The SMILES string of the molecule is Clc1cnccc1C1CCC1. The normalized spacial score (nSPS) is 17.9. The van der Waals surface area contributed by atoms with Crippen LogP contribution < -0.4 is 0 Å². The predicted molar refractivity (Wildman–Crippen MR) is 45.8 cm³/mol. The van der Waals surface area contributed by atoms with E-state index in [1.54, 1.807) is 6.20 Å². The monoisotopic (exact) mass is 167 g/mol. The average molecular weight is 168 g/mol. The van der Waals surface area contributed by atoms with Gasteiger partial charge in [-0.05, 0) is 30.4 Å². The Hall–Kier alpha value is -0.560. The van der Waals surface area contributed by atoms with Crippen molar-refractivity contribution in [1.29, 1.82) is 0 Å². The summed E-state index contributed by atoms with van der Waals surface area (Å²) >= 11 is 5.97. The largest absolute Gasteiger partial charge is 0.263 e. The van der Waals surface area contributed by atoms with Gasteiger partial charge in [-0.3, -0.25) is 4.98 Å². The molecular formula is C9H10ClN. The lowest BCUT2D eigenvalue weighted by molar-refractivity contribution is 0.419. The topological polar surface area (TPSA) is 12.9 Å². The van der Waals surface area contributed by atoms with Gasteiger partial charge in [-0.25, -0.2) is 0 Å². The minimum Gasteiger partial charge on any atom is -0.263 e. The van der Waals surface area contributed by atoms with Crippen molar-refractivity contribution in [2.75, 3.05) is 0 Å². The smallest absolute Gasteiger partial charge is 0.0624 e. The second-order valence-electron chi connectivity index (χ2n) is 3.03. The highest BCUT2D eigenvalue weighted by Gasteiger charge is 2.21. The quantitative estimate of drug-likeness (QED) is 0.627. The molecule has 0 unspecified atom stereocenters. The summed E-state index contributed by atoms with van der Waals surface area (Å²) in [6, 6.07) is 2.03. The summed E-state index contributed by atoms with van der Waals surface area (Å²) in [4.78, 5) is 3.95. The Morgan fingerprint density at radius 1 is 1.45 bits per heavy atom. The van der Waals surface area contributed by atoms with Crippen LogP contribution in [0.15, 0.2) is 18.5 Å². The molecule has 0 atom stereocenters. The Labute approximate surface area is 71.4 Å². The first-order valence-electron chi connectivity index (χ1n) is 3.97. The first kappa shape index (κ1) is 7.11. The maximum atomic E-state index is 5.97. The molecule has 1 aliphatic carbocycles. The highest BCUT2D eigenvalue weighted by atomic mass is 35.5. The lowest BCUT2D eigenvalue weighted by Crippen LogP contribution is -2.09. The van der Waals surface area contributed by atoms with Crippen LogP contribution >= 0.6 is 11.6 Å². The lowest BCUT2D eigenvalue weighted by atomic mass is 9.80. The molecule has 1 aromatic heterocycles. The van der Waals surface area contributed by atoms with Crippen LogP contribution in [-0.2, 0) is 0 Å². The lowest BCUT2D eigenvalue weighted by Gasteiger charge is -2.26. The van der Waals surface area contributed by atoms with Crippen molar-refractivity contribution in [3.63, 3.8) is 0 Å². The van der Waals surface area contributed by atoms with Crippen LogP contribution in [0.25, 0.3) is 0 Å². The minimum atomic E-state index is 0.713. The second-order valence-corrected chi connectivity index (χ2v) is 3.43. The van der Waals surface area contributed by atoms with Gasteiger partial charge in [0.2, 0.25) is 0 Å². The van der Waals surface area contributed by atoms with Gasteiger partial charge in [-0.2, -0.15) is 0 Å². The van der Waals surface area contributed by atoms with Gasteiger partial charge in [0.15, 0.2) is 0 Å². The third kappa shape index (κ3) is 1.25. The summed E-state index contributed by atoms with van der Waals surface area (Å²) in [6.45, 7) is 0. The molecule has 0 radical (unpaired) electrons. The standard InChI is InChI=1S/C9H10ClN/c10-9-6-11-5-4-8(9)7-2-1-3-7/h4-7H,1-3H2. The van der Waals surface area contributed by atoms with Gasteiger partial charge < -0.3 is 0 Å². The molecular weight excluding hydrogens is 158 g/mol. The van der Waals surface area contributed by atoms with Crippen LogP contribution in [0.1, 0.15) is 30.7 Å². The highest BCUT2D eigenvalue weighted by Crippen LogP contribution is 2.38. The Morgan fingerprint density at radius 3 is 2.82 bits per heavy atom. The molecule has 0 N–H and O–H groups in total. The van der Waals surface area contributed by atoms with E-state index in [0.717, 1.165) is 5.02 Å². The van der Waals surface area contributed by atoms with E-state index in [1.807, 2.05) is 12.3 Å². The fraction of sp³-hybridized carbons (Fsp3) is 0.444. The van der Waals surface area contributed by atoms with E-state index in [9.17, 15) is 0 Å². The van der Waals surface area contributed by atoms with Crippen molar-refractivity contribution in [3.05, 3.63) is 29.0 Å². The third-order valence-corrected chi connectivity index (χ3v) is 2.66. The molecule has 1 aromatic rings. The summed E-state index contributed by atoms with van der Waals surface area (Å²) < 4.78 is 0. The molecule has 1 fully saturated rings. The van der Waals surface area contributed by atoms with Gasteiger partial charge in [-0.1, -0.05) is 18.0 Å². The summed E-state index contributed by atoms with van der Waals surface area (Å²) in [5.74, 6) is 0.713. The van der Waals surface area contributed by atoms with E-state index >= 15 is 0 Å². The molecule has 0 aromatic carbocycles. The van der Waals surface area contributed by atoms with E-state index in [-0.39, 0.29) is 0 Å². The van der Waals surface area contributed by atoms with Gasteiger partial charge >= 0.3 is 0 Å². The summed E-state index contributed by atoms with van der Waals surface area (Å²) in [5.41, 5.74) is 1.29. The fourth-order valence-electron chi connectivity index (χ4n) is 1.44. The zero-order chi connectivity index (χ0) is 7.68. The minimum absolute atomic E-state index is 0.713. The molecule has 0 spiro atoms. The first-order valence-corrected chi connectivity index (χ1v) is 4.35. The van der Waals surface area contributed by atoms with Gasteiger partial charge in [-0.15, -0.1) is 0 Å². The zero-order valence-corrected chi connectivity index (χ0v) is 7.01. The number of nitrogens with zero attached hydrogens (tertiary/aromatic N) is 1. The number of halogens is 1. The van der Waals surface area contributed by atoms with E-state index in [0.29, 0.717) is 5.92 Å². The molecule has 2 heteroatoms. The Kier molecular flexibility index (Phi) is 1.82. The molecule has 0 bridgehead atoms. The molecule has 0 amide bonds. The Morgan fingerprint density at radius 2 is 2.27 bits per heavy atom. The van der Waals surface area contributed by atoms with Crippen molar-refractivity contribution >= 4 is 11.6 Å². The molecule has 0 saturated heterocycles. The van der Waals surface area contributed by atoms with E-state index in [1.165, 1.54) is 24.8 Å². The van der Waals surface area contributed by atoms with Crippen LogP contribution in [-0.4, -0.2) is 4.98 Å². The summed E-state index contributed by atoms with van der Waals surface area (Å²) in [6.07, 6.45) is 7.49. The second kappa shape index (κ2) is 2.82. The van der Waals surface area contributed by atoms with Crippen molar-refractivity contribution in [3.8, 4) is 0 Å². The maximum absolute atomic E-state index is 5.97. The maximum Gasteiger partial charge on any atom is 0.0624 e. The van der Waals surface area contributed by atoms with Gasteiger partial charge in [0.25, 0.3) is 0 Å². The van der Waals surface area contributed by atoms with Gasteiger partial charge in [0.1, 0.15) is 0 Å². The molecule has 1 nitrogen and oxygen atoms in total. The first-order chi connectivity index (χ1) is 5.38. The number of rotatable bonds is 1. The zero-order valence-electron chi connectivity index (χ0n) is 6.26. The van der Waals surface area contributed by atoms with E-state index < -0.39 is 0 Å². The van der Waals surface area contributed by atoms with Gasteiger partial charge in [0.05, 0.1) is 5.02 Å². The highest BCUT2D eigenvalue weighted by molar-refractivity contribution is 6.31. The molecule has 2 rings (SSSR count). The predicted octanol–water partition coefficient (Wildman–Crippen LogP) is 3.00. The molecule has 0 aliphatic heterocycles. The average Bonchev–Trinajstić information content (AvgIpc) is 1.90. The van der Waals surface area contributed by atoms with Crippen LogP contribution in [0, 0.1) is 0 Å². The van der Waals surface area contributed by atoms with Crippen LogP contribution in [0.5, 0.6) is 0 Å². The van der Waals surface area contributed by atoms with Crippen molar-refractivity contribution in [2.24, 2.45) is 0 Å². The number of hydrogen-bond acceptors (Lipinski definition) is 1. The molecule has 1 saturated carbocycles. The van der Waals surface area contributed by atoms with Crippen LogP contribution in [0.4, 0.5) is 0 Å². The Bertz CT molecular complexity index is 255. The van der Waals surface area contributed by atoms with E-state index in [2.05, 4.69) is 4.98 Å². The van der Waals surface area contributed by atoms with Crippen LogP contribution in [0.3, 0.4) is 0 Å². The number of pyridine rings is 1. The third-order valence-electron chi connectivity index (χ3n) is 2.35. The summed E-state index contributed by atoms with van der Waals surface area (Å²) in [7, 11) is 0. The number of hydrogen-bond donors (Lipinski definition) is 0. The van der Waals surface area contributed by atoms with Crippen molar-refractivity contribution < 1.29 is 0 Å². The molecule has 1 heterocycles. The van der Waals surface area contributed by atoms with Crippen LogP contribution in [0.2, 0.25) is 5.02 Å².